The Morgan fingerprint density at radius 1 is 1.00 bits per heavy atom. The smallest absolute Gasteiger partial charge is 0.251 e. The summed E-state index contributed by atoms with van der Waals surface area (Å²) in [6.45, 7) is 1.96. The van der Waals surface area contributed by atoms with Crippen molar-refractivity contribution in [2.75, 3.05) is 17.5 Å². The van der Waals surface area contributed by atoms with Gasteiger partial charge in [0.25, 0.3) is 5.91 Å². The van der Waals surface area contributed by atoms with Gasteiger partial charge in [-0.3, -0.25) is 14.3 Å². The summed E-state index contributed by atoms with van der Waals surface area (Å²) < 4.78 is 24.9. The SMILES string of the molecule is Cc1cccc(C(=O)NCC(=O)NCc2cccc(NS(C)(=O)=O)c2)c1. The molecular weight excluding hydrogens is 354 g/mol. The third kappa shape index (κ3) is 6.56. The summed E-state index contributed by atoms with van der Waals surface area (Å²) in [5, 5.41) is 5.24. The van der Waals surface area contributed by atoms with Gasteiger partial charge in [-0.2, -0.15) is 0 Å². The van der Waals surface area contributed by atoms with Crippen molar-refractivity contribution in [3.05, 3.63) is 65.2 Å². The van der Waals surface area contributed by atoms with Gasteiger partial charge in [-0.25, -0.2) is 8.42 Å². The van der Waals surface area contributed by atoms with Crippen molar-refractivity contribution in [2.24, 2.45) is 0 Å². The number of nitrogens with one attached hydrogen (secondary N) is 3. The van der Waals surface area contributed by atoms with E-state index in [9.17, 15) is 18.0 Å². The molecular formula is C18H21N3O4S. The Morgan fingerprint density at radius 2 is 1.73 bits per heavy atom. The maximum Gasteiger partial charge on any atom is 0.251 e. The van der Waals surface area contributed by atoms with Crippen LogP contribution in [0, 0.1) is 6.92 Å². The summed E-state index contributed by atoms with van der Waals surface area (Å²) >= 11 is 0. The first kappa shape index (κ1) is 19.5. The molecule has 8 heteroatoms. The van der Waals surface area contributed by atoms with E-state index in [1.807, 2.05) is 13.0 Å². The van der Waals surface area contributed by atoms with Crippen molar-refractivity contribution >= 4 is 27.5 Å². The fraction of sp³-hybridized carbons (Fsp3) is 0.222. The first-order chi connectivity index (χ1) is 12.2. The van der Waals surface area contributed by atoms with Crippen LogP contribution in [0.15, 0.2) is 48.5 Å². The number of anilines is 1. The van der Waals surface area contributed by atoms with Gasteiger partial charge in [0.15, 0.2) is 0 Å². The molecule has 0 atom stereocenters. The lowest BCUT2D eigenvalue weighted by Gasteiger charge is -2.09. The minimum absolute atomic E-state index is 0.145. The summed E-state index contributed by atoms with van der Waals surface area (Å²) in [6, 6.07) is 13.8. The van der Waals surface area contributed by atoms with Crippen molar-refractivity contribution in [3.63, 3.8) is 0 Å². The predicted molar refractivity (Wildman–Crippen MR) is 100 cm³/mol. The highest BCUT2D eigenvalue weighted by atomic mass is 32.2. The Labute approximate surface area is 152 Å². The molecule has 0 unspecified atom stereocenters. The largest absolute Gasteiger partial charge is 0.350 e. The zero-order chi connectivity index (χ0) is 19.2. The number of hydrogen-bond donors (Lipinski definition) is 3. The molecule has 0 aromatic heterocycles. The standard InChI is InChI=1S/C18H21N3O4S/c1-13-5-3-7-15(9-13)18(23)20-12-17(22)19-11-14-6-4-8-16(10-14)21-26(2,24)25/h3-10,21H,11-12H2,1-2H3,(H,19,22)(H,20,23). The Balaban J connectivity index is 1.83. The Bertz CT molecular complexity index is 910. The number of amides is 2. The lowest BCUT2D eigenvalue weighted by atomic mass is 10.1. The van der Waals surface area contributed by atoms with Gasteiger partial charge in [-0.05, 0) is 36.8 Å². The van der Waals surface area contributed by atoms with Crippen molar-refractivity contribution in [2.45, 2.75) is 13.5 Å². The summed E-state index contributed by atoms with van der Waals surface area (Å²) in [5.41, 5.74) is 2.62. The van der Waals surface area contributed by atoms with Gasteiger partial charge in [0, 0.05) is 17.8 Å². The first-order valence-corrected chi connectivity index (χ1v) is 9.80. The highest BCUT2D eigenvalue weighted by Crippen LogP contribution is 2.11. The lowest BCUT2D eigenvalue weighted by molar-refractivity contribution is -0.120. The molecule has 7 nitrogen and oxygen atoms in total. The lowest BCUT2D eigenvalue weighted by Crippen LogP contribution is -2.36. The van der Waals surface area contributed by atoms with E-state index in [2.05, 4.69) is 15.4 Å². The van der Waals surface area contributed by atoms with E-state index in [1.165, 1.54) is 0 Å². The van der Waals surface area contributed by atoms with Gasteiger partial charge in [-0.1, -0.05) is 29.8 Å². The van der Waals surface area contributed by atoms with E-state index in [0.717, 1.165) is 17.4 Å². The number of carbonyl (C=O) groups excluding carboxylic acids is 2. The van der Waals surface area contributed by atoms with Crippen molar-refractivity contribution < 1.29 is 18.0 Å². The zero-order valence-electron chi connectivity index (χ0n) is 14.6. The number of rotatable bonds is 7. The molecule has 2 aromatic rings. The molecule has 0 fully saturated rings. The van der Waals surface area contributed by atoms with Gasteiger partial charge < -0.3 is 10.6 Å². The topological polar surface area (TPSA) is 104 Å². The summed E-state index contributed by atoms with van der Waals surface area (Å²) in [5.74, 6) is -0.657. The Kier molecular flexibility index (Phi) is 6.35. The second-order valence-electron chi connectivity index (χ2n) is 5.90. The van der Waals surface area contributed by atoms with Crippen LogP contribution in [0.4, 0.5) is 5.69 Å². The van der Waals surface area contributed by atoms with Gasteiger partial charge in [0.05, 0.1) is 12.8 Å². The van der Waals surface area contributed by atoms with Gasteiger partial charge in [0.2, 0.25) is 15.9 Å². The number of carbonyl (C=O) groups is 2. The number of benzene rings is 2. The Morgan fingerprint density at radius 3 is 2.42 bits per heavy atom. The monoisotopic (exact) mass is 375 g/mol. The van der Waals surface area contributed by atoms with E-state index in [0.29, 0.717) is 11.3 Å². The minimum Gasteiger partial charge on any atom is -0.350 e. The highest BCUT2D eigenvalue weighted by molar-refractivity contribution is 7.92. The molecule has 0 aliphatic carbocycles. The third-order valence-electron chi connectivity index (χ3n) is 3.41. The normalized spacial score (nSPS) is 10.8. The van der Waals surface area contributed by atoms with E-state index >= 15 is 0 Å². The second-order valence-corrected chi connectivity index (χ2v) is 7.65. The molecule has 0 aliphatic rings. The predicted octanol–water partition coefficient (Wildman–Crippen LogP) is 1.41. The van der Waals surface area contributed by atoms with Gasteiger partial charge >= 0.3 is 0 Å². The molecule has 0 radical (unpaired) electrons. The molecule has 2 amide bonds. The molecule has 3 N–H and O–H groups in total. The van der Waals surface area contributed by atoms with Crippen molar-refractivity contribution in [3.8, 4) is 0 Å². The molecule has 0 saturated carbocycles. The molecule has 2 rings (SSSR count). The van der Waals surface area contributed by atoms with Crippen LogP contribution in [0.3, 0.4) is 0 Å². The number of hydrogen-bond acceptors (Lipinski definition) is 4. The maximum atomic E-state index is 12.0. The average molecular weight is 375 g/mol. The molecule has 138 valence electrons. The van der Waals surface area contributed by atoms with E-state index in [-0.39, 0.29) is 24.9 Å². The van der Waals surface area contributed by atoms with Crippen molar-refractivity contribution in [1.29, 1.82) is 0 Å². The van der Waals surface area contributed by atoms with Crippen LogP contribution in [0.25, 0.3) is 0 Å². The van der Waals surface area contributed by atoms with Crippen LogP contribution >= 0.6 is 0 Å². The first-order valence-electron chi connectivity index (χ1n) is 7.91. The van der Waals surface area contributed by atoms with Crippen LogP contribution in [0.5, 0.6) is 0 Å². The average Bonchev–Trinajstić information content (AvgIpc) is 2.56. The van der Waals surface area contributed by atoms with Crippen LogP contribution in [0.1, 0.15) is 21.5 Å². The van der Waals surface area contributed by atoms with E-state index < -0.39 is 10.0 Å². The number of aryl methyl sites for hydroxylation is 1. The maximum absolute atomic E-state index is 12.0. The Hall–Kier alpha value is -2.87. The summed E-state index contributed by atoms with van der Waals surface area (Å²) in [7, 11) is -3.36. The van der Waals surface area contributed by atoms with E-state index in [1.54, 1.807) is 42.5 Å². The quantitative estimate of drug-likeness (QED) is 0.681. The van der Waals surface area contributed by atoms with Gasteiger partial charge in [-0.15, -0.1) is 0 Å². The molecule has 26 heavy (non-hydrogen) atoms. The van der Waals surface area contributed by atoms with Gasteiger partial charge in [0.1, 0.15) is 0 Å². The molecule has 0 aliphatic heterocycles. The number of sulfonamides is 1. The van der Waals surface area contributed by atoms with Crippen molar-refractivity contribution in [1.82, 2.24) is 10.6 Å². The summed E-state index contributed by atoms with van der Waals surface area (Å²) in [4.78, 5) is 23.9. The van der Waals surface area contributed by atoms with Crippen LogP contribution in [-0.2, 0) is 21.4 Å². The molecule has 0 saturated heterocycles. The highest BCUT2D eigenvalue weighted by Gasteiger charge is 2.08. The van der Waals surface area contributed by atoms with Crippen LogP contribution < -0.4 is 15.4 Å². The minimum atomic E-state index is -3.36. The van der Waals surface area contributed by atoms with Crippen LogP contribution in [0.2, 0.25) is 0 Å². The zero-order valence-corrected chi connectivity index (χ0v) is 15.4. The fourth-order valence-electron chi connectivity index (χ4n) is 2.27. The summed E-state index contributed by atoms with van der Waals surface area (Å²) in [6.07, 6.45) is 1.07. The molecule has 0 heterocycles. The van der Waals surface area contributed by atoms with Crippen LogP contribution in [-0.4, -0.2) is 33.0 Å². The molecule has 0 bridgehead atoms. The fourth-order valence-corrected chi connectivity index (χ4v) is 2.83. The third-order valence-corrected chi connectivity index (χ3v) is 4.02. The second kappa shape index (κ2) is 8.48. The van der Waals surface area contributed by atoms with E-state index in [4.69, 9.17) is 0 Å². The molecule has 0 spiro atoms. The molecule has 2 aromatic carbocycles.